The van der Waals surface area contributed by atoms with E-state index < -0.39 is 0 Å². The second-order valence-electron chi connectivity index (χ2n) is 6.48. The molecule has 0 aliphatic heterocycles. The Kier molecular flexibility index (Phi) is 3.23. The maximum Gasteiger partial charge on any atom is 0.268 e. The number of nitrogens with zero attached hydrogens (tertiary/aromatic N) is 3. The molecular formula is C18H16N4OS2. The lowest BCUT2D eigenvalue weighted by Crippen LogP contribution is -2.22. The van der Waals surface area contributed by atoms with Crippen LogP contribution >= 0.6 is 23.6 Å². The van der Waals surface area contributed by atoms with Crippen LogP contribution in [-0.2, 0) is 12.8 Å². The highest BCUT2D eigenvalue weighted by atomic mass is 32.1. The topological polar surface area (TPSA) is 55.1 Å². The lowest BCUT2D eigenvalue weighted by Gasteiger charge is -2.12. The van der Waals surface area contributed by atoms with Crippen molar-refractivity contribution in [1.29, 1.82) is 0 Å². The predicted molar refractivity (Wildman–Crippen MR) is 103 cm³/mol. The molecule has 5 nitrogen and oxygen atoms in total. The standard InChI is InChI=1S/C18H16N4OS2/c1-10-6-2-4-8-12(10)21-15(23)14-11-7-3-5-9-13(11)25-16(14)22-17(21)19-20-18(22)24/h2,4,6,8H,3,5,7,9H2,1H3,(H,20,24). The molecule has 0 spiro atoms. The van der Waals surface area contributed by atoms with Crippen LogP contribution in [0.15, 0.2) is 29.1 Å². The average Bonchev–Trinajstić information content (AvgIpc) is 3.17. The van der Waals surface area contributed by atoms with Gasteiger partial charge in [-0.1, -0.05) is 18.2 Å². The zero-order chi connectivity index (χ0) is 17.1. The Bertz CT molecular complexity index is 1260. The normalized spacial score (nSPS) is 14.3. The summed E-state index contributed by atoms with van der Waals surface area (Å²) >= 11 is 7.17. The Morgan fingerprint density at radius 2 is 2.04 bits per heavy atom. The van der Waals surface area contributed by atoms with E-state index >= 15 is 0 Å². The number of para-hydroxylation sites is 1. The molecule has 3 aromatic heterocycles. The summed E-state index contributed by atoms with van der Waals surface area (Å²) in [6.45, 7) is 2.01. The summed E-state index contributed by atoms with van der Waals surface area (Å²) in [6, 6.07) is 7.88. The summed E-state index contributed by atoms with van der Waals surface area (Å²) in [5.41, 5.74) is 3.10. The SMILES string of the molecule is Cc1ccccc1-n1c(=O)c2c3c(sc2n2c(=S)[nH]nc12)CCCC3. The first-order valence-corrected chi connectivity index (χ1v) is 9.61. The molecule has 4 aromatic rings. The lowest BCUT2D eigenvalue weighted by atomic mass is 9.97. The van der Waals surface area contributed by atoms with Crippen molar-refractivity contribution in [3.05, 3.63) is 55.4 Å². The minimum Gasteiger partial charge on any atom is -0.268 e. The molecule has 1 N–H and O–H groups in total. The number of aromatic nitrogens is 4. The zero-order valence-corrected chi connectivity index (χ0v) is 15.3. The Morgan fingerprint density at radius 1 is 1.24 bits per heavy atom. The fraction of sp³-hybridized carbons (Fsp3) is 0.278. The van der Waals surface area contributed by atoms with Gasteiger partial charge in [0.25, 0.3) is 5.56 Å². The maximum absolute atomic E-state index is 13.5. The zero-order valence-electron chi connectivity index (χ0n) is 13.7. The van der Waals surface area contributed by atoms with Crippen molar-refractivity contribution in [3.63, 3.8) is 0 Å². The van der Waals surface area contributed by atoms with Gasteiger partial charge in [0.15, 0.2) is 0 Å². The van der Waals surface area contributed by atoms with E-state index in [1.54, 1.807) is 15.9 Å². The van der Waals surface area contributed by atoms with Crippen molar-refractivity contribution in [3.8, 4) is 5.69 Å². The van der Waals surface area contributed by atoms with Gasteiger partial charge in [0, 0.05) is 4.88 Å². The second kappa shape index (κ2) is 5.37. The summed E-state index contributed by atoms with van der Waals surface area (Å²) in [5, 5.41) is 8.05. The van der Waals surface area contributed by atoms with Crippen LogP contribution in [0.1, 0.15) is 28.8 Å². The summed E-state index contributed by atoms with van der Waals surface area (Å²) < 4.78 is 4.15. The minimum absolute atomic E-state index is 0.00481. The number of benzene rings is 1. The van der Waals surface area contributed by atoms with E-state index in [0.717, 1.165) is 40.7 Å². The minimum atomic E-state index is 0.00481. The summed E-state index contributed by atoms with van der Waals surface area (Å²) in [7, 11) is 0. The van der Waals surface area contributed by atoms with E-state index in [2.05, 4.69) is 10.2 Å². The van der Waals surface area contributed by atoms with Crippen LogP contribution in [0.4, 0.5) is 0 Å². The molecule has 1 aliphatic rings. The van der Waals surface area contributed by atoms with E-state index in [1.165, 1.54) is 16.9 Å². The van der Waals surface area contributed by atoms with Gasteiger partial charge < -0.3 is 0 Å². The third-order valence-electron chi connectivity index (χ3n) is 4.98. The molecule has 0 amide bonds. The number of aromatic amines is 1. The Morgan fingerprint density at radius 3 is 2.88 bits per heavy atom. The van der Waals surface area contributed by atoms with E-state index in [1.807, 2.05) is 35.6 Å². The van der Waals surface area contributed by atoms with Gasteiger partial charge in [0.05, 0.1) is 11.1 Å². The molecule has 25 heavy (non-hydrogen) atoms. The van der Waals surface area contributed by atoms with Gasteiger partial charge in [0.1, 0.15) is 4.83 Å². The van der Waals surface area contributed by atoms with E-state index in [-0.39, 0.29) is 5.56 Å². The van der Waals surface area contributed by atoms with Gasteiger partial charge in [-0.05, 0) is 62.0 Å². The molecule has 0 fully saturated rings. The fourth-order valence-electron chi connectivity index (χ4n) is 3.79. The van der Waals surface area contributed by atoms with Gasteiger partial charge in [-0.15, -0.1) is 16.4 Å². The molecule has 5 rings (SSSR count). The molecule has 126 valence electrons. The molecule has 0 atom stereocenters. The number of aryl methyl sites for hydroxylation is 3. The highest BCUT2D eigenvalue weighted by Crippen LogP contribution is 2.35. The number of rotatable bonds is 1. The first kappa shape index (κ1) is 15.0. The molecule has 7 heteroatoms. The number of nitrogens with one attached hydrogen (secondary N) is 1. The van der Waals surface area contributed by atoms with Crippen molar-refractivity contribution >= 4 is 39.5 Å². The maximum atomic E-state index is 13.5. The van der Waals surface area contributed by atoms with Crippen LogP contribution in [0.25, 0.3) is 21.7 Å². The molecule has 0 radical (unpaired) electrons. The quantitative estimate of drug-likeness (QED) is 0.518. The smallest absolute Gasteiger partial charge is 0.268 e. The third kappa shape index (κ3) is 2.02. The molecular weight excluding hydrogens is 352 g/mol. The van der Waals surface area contributed by atoms with E-state index in [0.29, 0.717) is 10.5 Å². The first-order valence-electron chi connectivity index (χ1n) is 8.39. The van der Waals surface area contributed by atoms with Gasteiger partial charge >= 0.3 is 0 Å². The molecule has 0 unspecified atom stereocenters. The van der Waals surface area contributed by atoms with Crippen molar-refractivity contribution in [2.45, 2.75) is 32.6 Å². The van der Waals surface area contributed by atoms with Crippen molar-refractivity contribution < 1.29 is 0 Å². The third-order valence-corrected chi connectivity index (χ3v) is 6.53. The van der Waals surface area contributed by atoms with Gasteiger partial charge in [-0.25, -0.2) is 14.1 Å². The van der Waals surface area contributed by atoms with Crippen molar-refractivity contribution in [1.82, 2.24) is 19.2 Å². The van der Waals surface area contributed by atoms with Crippen LogP contribution in [0, 0.1) is 11.7 Å². The van der Waals surface area contributed by atoms with Gasteiger partial charge in [-0.3, -0.25) is 4.79 Å². The van der Waals surface area contributed by atoms with Crippen molar-refractivity contribution in [2.75, 3.05) is 0 Å². The van der Waals surface area contributed by atoms with Crippen LogP contribution in [0.2, 0.25) is 0 Å². The molecule has 1 aliphatic carbocycles. The van der Waals surface area contributed by atoms with E-state index in [4.69, 9.17) is 12.2 Å². The summed E-state index contributed by atoms with van der Waals surface area (Å²) in [5.74, 6) is 0.551. The van der Waals surface area contributed by atoms with Crippen LogP contribution in [-0.4, -0.2) is 19.2 Å². The van der Waals surface area contributed by atoms with Crippen LogP contribution < -0.4 is 5.56 Å². The number of hydrogen-bond donors (Lipinski definition) is 1. The first-order chi connectivity index (χ1) is 12.2. The molecule has 1 aromatic carbocycles. The van der Waals surface area contributed by atoms with E-state index in [9.17, 15) is 4.79 Å². The monoisotopic (exact) mass is 368 g/mol. The van der Waals surface area contributed by atoms with Crippen LogP contribution in [0.5, 0.6) is 0 Å². The largest absolute Gasteiger partial charge is 0.268 e. The Balaban J connectivity index is 2.05. The predicted octanol–water partition coefficient (Wildman–Crippen LogP) is 3.94. The molecule has 0 saturated heterocycles. The highest BCUT2D eigenvalue weighted by Gasteiger charge is 2.24. The average molecular weight is 368 g/mol. The van der Waals surface area contributed by atoms with Gasteiger partial charge in [0.2, 0.25) is 10.5 Å². The number of fused-ring (bicyclic) bond motifs is 5. The summed E-state index contributed by atoms with van der Waals surface area (Å²) in [4.78, 5) is 15.8. The number of hydrogen-bond acceptors (Lipinski definition) is 4. The van der Waals surface area contributed by atoms with Crippen molar-refractivity contribution in [2.24, 2.45) is 0 Å². The number of H-pyrrole nitrogens is 1. The fourth-order valence-corrected chi connectivity index (χ4v) is 5.45. The van der Waals surface area contributed by atoms with Gasteiger partial charge in [-0.2, -0.15) is 0 Å². The lowest BCUT2D eigenvalue weighted by molar-refractivity contribution is 0.699. The Labute approximate surface area is 152 Å². The highest BCUT2D eigenvalue weighted by molar-refractivity contribution is 7.71. The molecule has 0 bridgehead atoms. The summed E-state index contributed by atoms with van der Waals surface area (Å²) in [6.07, 6.45) is 4.34. The molecule has 3 heterocycles. The van der Waals surface area contributed by atoms with Crippen LogP contribution in [0.3, 0.4) is 0 Å². The number of thiophene rings is 1. The Hall–Kier alpha value is -2.25. The molecule has 0 saturated carbocycles. The second-order valence-corrected chi connectivity index (χ2v) is 7.95.